The number of hydrogen-bond acceptors (Lipinski definition) is 5. The van der Waals surface area contributed by atoms with Crippen molar-refractivity contribution in [3.63, 3.8) is 0 Å². The number of aromatic nitrogens is 1. The molecule has 0 spiro atoms. The average molecular weight is 379 g/mol. The first-order chi connectivity index (χ1) is 12.0. The van der Waals surface area contributed by atoms with Crippen LogP contribution < -0.4 is 14.8 Å². The van der Waals surface area contributed by atoms with Crippen LogP contribution in [-0.2, 0) is 24.2 Å². The zero-order chi connectivity index (χ0) is 18.0. The minimum absolute atomic E-state index is 0.0365. The van der Waals surface area contributed by atoms with Gasteiger partial charge in [-0.3, -0.25) is 4.79 Å². The maximum Gasteiger partial charge on any atom is 0.225 e. The Balaban J connectivity index is 1.69. The van der Waals surface area contributed by atoms with Crippen molar-refractivity contribution in [1.82, 2.24) is 10.3 Å². The summed E-state index contributed by atoms with van der Waals surface area (Å²) in [6, 6.07) is 4.02. The zero-order valence-corrected chi connectivity index (χ0v) is 16.2. The molecule has 1 atom stereocenters. The standard InChI is InChI=1S/C18H22N2O3S2/c1-4-22-14-6-12-5-10(2)23-15(12)7-13(14)9-19-17(21)8-16-11(3)20-18(24)25-16/h6-7,10H,4-5,8-9H2,1-3H3,(H,19,21)(H,20,24). The van der Waals surface area contributed by atoms with Gasteiger partial charge >= 0.3 is 0 Å². The molecule has 134 valence electrons. The Bertz CT molecular complexity index is 841. The van der Waals surface area contributed by atoms with Crippen LogP contribution in [0.1, 0.15) is 35.5 Å². The topological polar surface area (TPSA) is 63.3 Å². The first-order valence-electron chi connectivity index (χ1n) is 8.36. The van der Waals surface area contributed by atoms with Crippen molar-refractivity contribution >= 4 is 29.5 Å². The van der Waals surface area contributed by atoms with Crippen molar-refractivity contribution in [3.8, 4) is 11.5 Å². The highest BCUT2D eigenvalue weighted by Gasteiger charge is 2.22. The van der Waals surface area contributed by atoms with Gasteiger partial charge < -0.3 is 19.8 Å². The van der Waals surface area contributed by atoms with Crippen molar-refractivity contribution in [3.05, 3.63) is 37.8 Å². The first kappa shape index (κ1) is 17.9. The van der Waals surface area contributed by atoms with Crippen LogP contribution >= 0.6 is 23.6 Å². The van der Waals surface area contributed by atoms with E-state index in [9.17, 15) is 4.79 Å². The molecule has 1 amide bonds. The van der Waals surface area contributed by atoms with Crippen LogP contribution in [0.2, 0.25) is 0 Å². The van der Waals surface area contributed by atoms with Crippen LogP contribution in [0.25, 0.3) is 0 Å². The van der Waals surface area contributed by atoms with Gasteiger partial charge in [-0.15, -0.1) is 11.3 Å². The molecular weight excluding hydrogens is 356 g/mol. The summed E-state index contributed by atoms with van der Waals surface area (Å²) in [6.45, 7) is 6.93. The van der Waals surface area contributed by atoms with E-state index in [0.717, 1.165) is 39.6 Å². The van der Waals surface area contributed by atoms with E-state index in [2.05, 4.69) is 17.2 Å². The summed E-state index contributed by atoms with van der Waals surface area (Å²) >= 11 is 6.56. The molecule has 7 heteroatoms. The zero-order valence-electron chi connectivity index (χ0n) is 14.6. The molecule has 0 fully saturated rings. The van der Waals surface area contributed by atoms with Gasteiger partial charge in [-0.05, 0) is 45.1 Å². The van der Waals surface area contributed by atoms with Crippen LogP contribution in [-0.4, -0.2) is 23.6 Å². The number of benzene rings is 1. The van der Waals surface area contributed by atoms with Gasteiger partial charge in [0, 0.05) is 34.7 Å². The lowest BCUT2D eigenvalue weighted by molar-refractivity contribution is -0.120. The van der Waals surface area contributed by atoms with E-state index < -0.39 is 0 Å². The second-order valence-electron chi connectivity index (χ2n) is 6.15. The van der Waals surface area contributed by atoms with Gasteiger partial charge in [0.2, 0.25) is 5.91 Å². The largest absolute Gasteiger partial charge is 0.494 e. The number of nitrogens with one attached hydrogen (secondary N) is 2. The highest BCUT2D eigenvalue weighted by molar-refractivity contribution is 7.73. The quantitative estimate of drug-likeness (QED) is 0.753. The lowest BCUT2D eigenvalue weighted by Gasteiger charge is -2.13. The van der Waals surface area contributed by atoms with Crippen LogP contribution in [0, 0.1) is 10.9 Å². The molecule has 2 N–H and O–H groups in total. The molecule has 0 aliphatic carbocycles. The summed E-state index contributed by atoms with van der Waals surface area (Å²) in [6.07, 6.45) is 1.39. The normalized spacial score (nSPS) is 15.6. The molecule has 0 bridgehead atoms. The Labute approximate surface area is 156 Å². The number of amides is 1. The molecule has 0 radical (unpaired) electrons. The van der Waals surface area contributed by atoms with Crippen molar-refractivity contribution in [2.45, 2.75) is 46.3 Å². The summed E-state index contributed by atoms with van der Waals surface area (Å²) in [5.41, 5.74) is 3.05. The Morgan fingerprint density at radius 2 is 2.32 bits per heavy atom. The van der Waals surface area contributed by atoms with Crippen LogP contribution in [0.3, 0.4) is 0 Å². The van der Waals surface area contributed by atoms with Gasteiger partial charge in [0.05, 0.1) is 13.0 Å². The van der Waals surface area contributed by atoms with Crippen LogP contribution in [0.4, 0.5) is 0 Å². The summed E-state index contributed by atoms with van der Waals surface area (Å²) in [7, 11) is 0. The number of H-pyrrole nitrogens is 1. The van der Waals surface area contributed by atoms with E-state index in [1.54, 1.807) is 0 Å². The summed E-state index contributed by atoms with van der Waals surface area (Å²) in [4.78, 5) is 16.3. The number of thiazole rings is 1. The summed E-state index contributed by atoms with van der Waals surface area (Å²) in [5.74, 6) is 1.66. The lowest BCUT2D eigenvalue weighted by Crippen LogP contribution is -2.24. The van der Waals surface area contributed by atoms with Gasteiger partial charge in [-0.2, -0.15) is 0 Å². The number of aromatic amines is 1. The fourth-order valence-electron chi connectivity index (χ4n) is 2.92. The Morgan fingerprint density at radius 3 is 3.00 bits per heavy atom. The Morgan fingerprint density at radius 1 is 1.52 bits per heavy atom. The predicted molar refractivity (Wildman–Crippen MR) is 101 cm³/mol. The van der Waals surface area contributed by atoms with Crippen LogP contribution in [0.5, 0.6) is 11.5 Å². The van der Waals surface area contributed by atoms with Gasteiger partial charge in [0.15, 0.2) is 3.95 Å². The molecule has 1 unspecified atom stereocenters. The molecule has 2 aromatic rings. The maximum atomic E-state index is 12.3. The lowest BCUT2D eigenvalue weighted by atomic mass is 10.1. The summed E-state index contributed by atoms with van der Waals surface area (Å²) in [5, 5.41) is 2.97. The van der Waals surface area contributed by atoms with E-state index >= 15 is 0 Å². The first-order valence-corrected chi connectivity index (χ1v) is 9.59. The van der Waals surface area contributed by atoms with Gasteiger partial charge in [-0.25, -0.2) is 0 Å². The van der Waals surface area contributed by atoms with Crippen molar-refractivity contribution < 1.29 is 14.3 Å². The van der Waals surface area contributed by atoms with E-state index in [-0.39, 0.29) is 12.0 Å². The Hall–Kier alpha value is -1.86. The monoisotopic (exact) mass is 378 g/mol. The SMILES string of the molecule is CCOc1cc2c(cc1CNC(=O)Cc1sc(=S)[nH]c1C)OC(C)C2. The van der Waals surface area contributed by atoms with E-state index in [0.29, 0.717) is 23.5 Å². The predicted octanol–water partition coefficient (Wildman–Crippen LogP) is 3.70. The molecule has 3 rings (SSSR count). The number of hydrogen-bond donors (Lipinski definition) is 2. The highest BCUT2D eigenvalue weighted by Crippen LogP contribution is 2.35. The number of ether oxygens (including phenoxy) is 2. The summed E-state index contributed by atoms with van der Waals surface area (Å²) < 4.78 is 12.3. The molecule has 0 saturated heterocycles. The fraction of sp³-hybridized carbons (Fsp3) is 0.444. The molecule has 2 heterocycles. The second kappa shape index (κ2) is 7.58. The molecule has 1 aromatic heterocycles. The third-order valence-electron chi connectivity index (χ3n) is 4.10. The number of rotatable bonds is 6. The third-order valence-corrected chi connectivity index (χ3v) is 5.44. The maximum absolute atomic E-state index is 12.3. The Kier molecular flexibility index (Phi) is 5.44. The van der Waals surface area contributed by atoms with Crippen molar-refractivity contribution in [2.75, 3.05) is 6.61 Å². The average Bonchev–Trinajstić information content (AvgIpc) is 3.05. The second-order valence-corrected chi connectivity index (χ2v) is 7.92. The number of fused-ring (bicyclic) bond motifs is 1. The van der Waals surface area contributed by atoms with Crippen molar-refractivity contribution in [2.24, 2.45) is 0 Å². The number of carbonyl (C=O) groups excluding carboxylic acids is 1. The van der Waals surface area contributed by atoms with E-state index in [1.165, 1.54) is 11.3 Å². The van der Waals surface area contributed by atoms with E-state index in [1.807, 2.05) is 26.0 Å². The third kappa shape index (κ3) is 4.22. The smallest absolute Gasteiger partial charge is 0.225 e. The molecule has 1 aliphatic heterocycles. The van der Waals surface area contributed by atoms with Gasteiger partial charge in [0.25, 0.3) is 0 Å². The number of carbonyl (C=O) groups is 1. The fourth-order valence-corrected chi connectivity index (χ4v) is 4.21. The molecule has 25 heavy (non-hydrogen) atoms. The number of aryl methyl sites for hydroxylation is 1. The minimum atomic E-state index is -0.0365. The molecule has 0 saturated carbocycles. The molecular formula is C18H22N2O3S2. The minimum Gasteiger partial charge on any atom is -0.494 e. The highest BCUT2D eigenvalue weighted by atomic mass is 32.1. The van der Waals surface area contributed by atoms with E-state index in [4.69, 9.17) is 21.7 Å². The molecule has 1 aliphatic rings. The molecule has 5 nitrogen and oxygen atoms in total. The van der Waals surface area contributed by atoms with Crippen LogP contribution in [0.15, 0.2) is 12.1 Å². The van der Waals surface area contributed by atoms with Gasteiger partial charge in [0.1, 0.15) is 17.6 Å². The molecule has 1 aromatic carbocycles. The van der Waals surface area contributed by atoms with Gasteiger partial charge in [-0.1, -0.05) is 0 Å². The van der Waals surface area contributed by atoms with Crippen molar-refractivity contribution in [1.29, 1.82) is 0 Å².